The average molecular weight is 196 g/mol. The molecule has 2 aliphatic heterocycles. The zero-order valence-electron chi connectivity index (χ0n) is 9.34. The van der Waals surface area contributed by atoms with E-state index in [2.05, 4.69) is 24.2 Å². The second-order valence-electron chi connectivity index (χ2n) is 4.87. The molecule has 0 aromatic rings. The summed E-state index contributed by atoms with van der Waals surface area (Å²) in [7, 11) is 2.21. The van der Waals surface area contributed by atoms with Gasteiger partial charge in [0.05, 0.1) is 0 Å². The number of nitrogens with zero attached hydrogens (tertiary/aromatic N) is 1. The van der Waals surface area contributed by atoms with Gasteiger partial charge in [-0.3, -0.25) is 9.69 Å². The maximum atomic E-state index is 11.1. The number of rotatable bonds is 2. The van der Waals surface area contributed by atoms with Gasteiger partial charge in [-0.25, -0.2) is 0 Å². The molecule has 2 bridgehead atoms. The molecule has 14 heavy (non-hydrogen) atoms. The van der Waals surface area contributed by atoms with Crippen LogP contribution in [0.25, 0.3) is 0 Å². The van der Waals surface area contributed by atoms with Crippen molar-refractivity contribution in [3.8, 4) is 0 Å². The van der Waals surface area contributed by atoms with Crippen molar-refractivity contribution in [2.24, 2.45) is 0 Å². The molecule has 80 valence electrons. The van der Waals surface area contributed by atoms with Crippen LogP contribution in [0.2, 0.25) is 0 Å². The third kappa shape index (κ3) is 1.26. The average Bonchev–Trinajstić information content (AvgIpc) is 2.60. The molecule has 3 nitrogen and oxygen atoms in total. The van der Waals surface area contributed by atoms with Crippen LogP contribution in [0, 0.1) is 0 Å². The Morgan fingerprint density at radius 1 is 1.50 bits per heavy atom. The highest BCUT2D eigenvalue weighted by atomic mass is 16.1. The van der Waals surface area contributed by atoms with E-state index in [1.807, 2.05) is 0 Å². The standard InChI is InChI=1S/C11H20N2O/c1-8(12-9(2)14)11-6-4-10(5-7-11)13(11)3/h8,10H,4-7H2,1-3H3,(H,12,14)/t8-,10?,11?/m0/s1. The van der Waals surface area contributed by atoms with Gasteiger partial charge >= 0.3 is 0 Å². The van der Waals surface area contributed by atoms with Crippen molar-refractivity contribution in [2.75, 3.05) is 7.05 Å². The van der Waals surface area contributed by atoms with E-state index in [9.17, 15) is 4.79 Å². The number of carbonyl (C=O) groups excluding carboxylic acids is 1. The van der Waals surface area contributed by atoms with Crippen LogP contribution in [0.1, 0.15) is 39.5 Å². The summed E-state index contributed by atoms with van der Waals surface area (Å²) >= 11 is 0. The molecule has 2 rings (SSSR count). The van der Waals surface area contributed by atoms with Crippen molar-refractivity contribution in [3.05, 3.63) is 0 Å². The summed E-state index contributed by atoms with van der Waals surface area (Å²) in [6, 6.07) is 1.06. The zero-order chi connectivity index (χ0) is 10.3. The quantitative estimate of drug-likeness (QED) is 0.718. The highest BCUT2D eigenvalue weighted by molar-refractivity contribution is 5.73. The minimum absolute atomic E-state index is 0.0932. The van der Waals surface area contributed by atoms with Gasteiger partial charge in [-0.15, -0.1) is 0 Å². The topological polar surface area (TPSA) is 32.3 Å². The van der Waals surface area contributed by atoms with Crippen LogP contribution < -0.4 is 5.32 Å². The van der Waals surface area contributed by atoms with Crippen LogP contribution in [0.3, 0.4) is 0 Å². The molecule has 2 saturated heterocycles. The number of fused-ring (bicyclic) bond motifs is 2. The maximum Gasteiger partial charge on any atom is 0.217 e. The van der Waals surface area contributed by atoms with E-state index in [4.69, 9.17) is 0 Å². The zero-order valence-corrected chi connectivity index (χ0v) is 9.34. The Hall–Kier alpha value is -0.570. The van der Waals surface area contributed by atoms with Gasteiger partial charge in [0.25, 0.3) is 0 Å². The van der Waals surface area contributed by atoms with E-state index in [0.717, 1.165) is 6.04 Å². The first-order valence-corrected chi connectivity index (χ1v) is 5.56. The number of amides is 1. The lowest BCUT2D eigenvalue weighted by Gasteiger charge is -2.38. The van der Waals surface area contributed by atoms with Crippen molar-refractivity contribution in [2.45, 2.75) is 57.2 Å². The van der Waals surface area contributed by atoms with E-state index >= 15 is 0 Å². The molecule has 1 N–H and O–H groups in total. The van der Waals surface area contributed by atoms with Crippen molar-refractivity contribution >= 4 is 5.91 Å². The van der Waals surface area contributed by atoms with Crippen molar-refractivity contribution in [1.82, 2.24) is 10.2 Å². The molecule has 3 heteroatoms. The van der Waals surface area contributed by atoms with Crippen molar-refractivity contribution in [1.29, 1.82) is 0 Å². The Balaban J connectivity index is 2.11. The van der Waals surface area contributed by atoms with Crippen molar-refractivity contribution in [3.63, 3.8) is 0 Å². The molecular weight excluding hydrogens is 176 g/mol. The normalized spacial score (nSPS) is 38.6. The van der Waals surface area contributed by atoms with Crippen LogP contribution in [0.15, 0.2) is 0 Å². The lowest BCUT2D eigenvalue weighted by molar-refractivity contribution is -0.120. The number of hydrogen-bond donors (Lipinski definition) is 1. The number of hydrogen-bond acceptors (Lipinski definition) is 2. The largest absolute Gasteiger partial charge is 0.352 e. The first-order valence-electron chi connectivity index (χ1n) is 5.56. The van der Waals surface area contributed by atoms with Crippen LogP contribution in [0.5, 0.6) is 0 Å². The van der Waals surface area contributed by atoms with Crippen LogP contribution in [-0.2, 0) is 4.79 Å². The van der Waals surface area contributed by atoms with Gasteiger partial charge in [-0.2, -0.15) is 0 Å². The maximum absolute atomic E-state index is 11.1. The fraction of sp³-hybridized carbons (Fsp3) is 0.909. The van der Waals surface area contributed by atoms with Crippen LogP contribution >= 0.6 is 0 Å². The van der Waals surface area contributed by atoms with Crippen molar-refractivity contribution < 1.29 is 4.79 Å². The minimum Gasteiger partial charge on any atom is -0.352 e. The Kier molecular flexibility index (Phi) is 2.30. The summed E-state index contributed by atoms with van der Waals surface area (Å²) < 4.78 is 0. The van der Waals surface area contributed by atoms with Gasteiger partial charge in [0, 0.05) is 24.5 Å². The molecule has 0 radical (unpaired) electrons. The minimum atomic E-state index is 0.0932. The lowest BCUT2D eigenvalue weighted by Crippen LogP contribution is -2.54. The second-order valence-corrected chi connectivity index (χ2v) is 4.87. The summed E-state index contributed by atoms with van der Waals surface area (Å²) in [5.41, 5.74) is 0.260. The molecule has 2 fully saturated rings. The summed E-state index contributed by atoms with van der Waals surface area (Å²) in [6.07, 6.45) is 5.10. The SMILES string of the molecule is CC(=O)N[C@@H](C)C12CCC(CC1)N2C. The van der Waals surface area contributed by atoms with Crippen LogP contribution in [-0.4, -0.2) is 35.5 Å². The molecule has 2 aliphatic rings. The van der Waals surface area contributed by atoms with E-state index in [0.29, 0.717) is 0 Å². The van der Waals surface area contributed by atoms with E-state index in [1.54, 1.807) is 6.92 Å². The third-order valence-corrected chi connectivity index (χ3v) is 4.30. The van der Waals surface area contributed by atoms with Gasteiger partial charge < -0.3 is 5.32 Å². The molecule has 0 spiro atoms. The summed E-state index contributed by atoms with van der Waals surface area (Å²) in [5.74, 6) is 0.0932. The number of likely N-dealkylation sites (N-methyl/N-ethyl adjacent to an activating group) is 1. The fourth-order valence-electron chi connectivity index (χ4n) is 3.38. The number of nitrogens with one attached hydrogen (secondary N) is 1. The molecule has 1 atom stereocenters. The molecular formula is C11H20N2O. The first-order chi connectivity index (χ1) is 6.56. The third-order valence-electron chi connectivity index (χ3n) is 4.30. The summed E-state index contributed by atoms with van der Waals surface area (Å²) in [5, 5.41) is 3.05. The molecule has 0 aliphatic carbocycles. The van der Waals surface area contributed by atoms with E-state index < -0.39 is 0 Å². The fourth-order valence-corrected chi connectivity index (χ4v) is 3.38. The van der Waals surface area contributed by atoms with Gasteiger partial charge in [-0.05, 0) is 39.7 Å². The van der Waals surface area contributed by atoms with E-state index in [1.165, 1.54) is 25.7 Å². The Bertz CT molecular complexity index is 244. The Morgan fingerprint density at radius 3 is 2.43 bits per heavy atom. The molecule has 0 saturated carbocycles. The predicted molar refractivity (Wildman–Crippen MR) is 56.0 cm³/mol. The number of carbonyl (C=O) groups is 1. The smallest absolute Gasteiger partial charge is 0.217 e. The Labute approximate surface area is 85.8 Å². The highest BCUT2D eigenvalue weighted by Gasteiger charge is 2.52. The molecule has 1 amide bonds. The van der Waals surface area contributed by atoms with Gasteiger partial charge in [0.2, 0.25) is 5.91 Å². The van der Waals surface area contributed by atoms with E-state index in [-0.39, 0.29) is 17.5 Å². The molecule has 2 heterocycles. The van der Waals surface area contributed by atoms with Crippen LogP contribution in [0.4, 0.5) is 0 Å². The van der Waals surface area contributed by atoms with Gasteiger partial charge in [0.15, 0.2) is 0 Å². The first kappa shape index (κ1) is 9.97. The predicted octanol–water partition coefficient (Wildman–Crippen LogP) is 1.14. The monoisotopic (exact) mass is 196 g/mol. The molecule has 0 aromatic carbocycles. The Morgan fingerprint density at radius 2 is 2.07 bits per heavy atom. The van der Waals surface area contributed by atoms with Gasteiger partial charge in [0.1, 0.15) is 0 Å². The second kappa shape index (κ2) is 3.23. The highest BCUT2D eigenvalue weighted by Crippen LogP contribution is 2.46. The molecule has 0 unspecified atom stereocenters. The lowest BCUT2D eigenvalue weighted by atomic mass is 9.82. The molecule has 0 aromatic heterocycles. The summed E-state index contributed by atoms with van der Waals surface area (Å²) in [4.78, 5) is 13.6. The summed E-state index contributed by atoms with van der Waals surface area (Å²) in [6.45, 7) is 3.75. The van der Waals surface area contributed by atoms with Gasteiger partial charge in [-0.1, -0.05) is 0 Å².